The molecule has 1 saturated carbocycles. The van der Waals surface area contributed by atoms with Crippen molar-refractivity contribution in [3.8, 4) is 11.5 Å². The lowest BCUT2D eigenvalue weighted by Crippen LogP contribution is -2.33. The topological polar surface area (TPSA) is 89.5 Å². The molecule has 0 aliphatic heterocycles. The summed E-state index contributed by atoms with van der Waals surface area (Å²) in [5.74, 6) is 0.887. The summed E-state index contributed by atoms with van der Waals surface area (Å²) < 4.78 is 10.5. The zero-order valence-electron chi connectivity index (χ0n) is 16.9. The van der Waals surface area contributed by atoms with E-state index in [1.54, 1.807) is 20.3 Å². The summed E-state index contributed by atoms with van der Waals surface area (Å²) in [6, 6.07) is 7.47. The summed E-state index contributed by atoms with van der Waals surface area (Å²) in [4.78, 5) is 28.9. The van der Waals surface area contributed by atoms with Gasteiger partial charge in [-0.15, -0.1) is 0 Å². The highest BCUT2D eigenvalue weighted by Gasteiger charge is 2.19. The number of hydrogen-bond acceptors (Lipinski definition) is 5. The Labute approximate surface area is 170 Å². The second-order valence-electron chi connectivity index (χ2n) is 7.11. The van der Waals surface area contributed by atoms with E-state index in [4.69, 9.17) is 9.47 Å². The molecule has 1 heterocycles. The molecule has 154 valence electrons. The van der Waals surface area contributed by atoms with E-state index < -0.39 is 0 Å². The molecule has 2 aromatic rings. The van der Waals surface area contributed by atoms with Crippen LogP contribution in [0.4, 0.5) is 0 Å². The van der Waals surface area contributed by atoms with Crippen LogP contribution in [0.2, 0.25) is 0 Å². The number of ether oxygens (including phenoxy) is 2. The molecule has 1 aromatic carbocycles. The number of carbonyl (C=O) groups is 2. The number of amides is 2. The second-order valence-corrected chi connectivity index (χ2v) is 7.11. The summed E-state index contributed by atoms with van der Waals surface area (Å²) in [6.45, 7) is 0.451. The largest absolute Gasteiger partial charge is 0.493 e. The third kappa shape index (κ3) is 5.47. The molecule has 3 rings (SSSR count). The van der Waals surface area contributed by atoms with Crippen LogP contribution in [-0.2, 0) is 6.42 Å². The van der Waals surface area contributed by atoms with Gasteiger partial charge in [-0.25, -0.2) is 0 Å². The van der Waals surface area contributed by atoms with E-state index in [-0.39, 0.29) is 17.9 Å². The Morgan fingerprint density at radius 2 is 1.69 bits per heavy atom. The Balaban J connectivity index is 1.54. The van der Waals surface area contributed by atoms with Crippen LogP contribution in [0, 0.1) is 0 Å². The molecule has 1 fully saturated rings. The minimum Gasteiger partial charge on any atom is -0.493 e. The van der Waals surface area contributed by atoms with Crippen LogP contribution in [0.5, 0.6) is 11.5 Å². The average Bonchev–Trinajstić information content (AvgIpc) is 3.26. The highest BCUT2D eigenvalue weighted by molar-refractivity contribution is 5.99. The molecule has 7 nitrogen and oxygen atoms in total. The summed E-state index contributed by atoms with van der Waals surface area (Å²) in [6.07, 6.45) is 7.91. The molecule has 7 heteroatoms. The first-order valence-corrected chi connectivity index (χ1v) is 9.85. The van der Waals surface area contributed by atoms with Crippen LogP contribution in [0.3, 0.4) is 0 Å². The molecule has 0 atom stereocenters. The molecule has 1 aliphatic carbocycles. The van der Waals surface area contributed by atoms with Crippen molar-refractivity contribution in [3.05, 3.63) is 53.3 Å². The molecule has 0 bridgehead atoms. The molecule has 2 amide bonds. The molecule has 0 radical (unpaired) electrons. The first-order chi connectivity index (χ1) is 14.1. The fraction of sp³-hybridized carbons (Fsp3) is 0.409. The SMILES string of the molecule is COc1ccc(CCNC(=O)c2cncc(C(=O)NC3CCCC3)c2)cc1OC. The predicted molar refractivity (Wildman–Crippen MR) is 110 cm³/mol. The van der Waals surface area contributed by atoms with Gasteiger partial charge in [-0.2, -0.15) is 0 Å². The summed E-state index contributed by atoms with van der Waals surface area (Å²) in [7, 11) is 3.18. The predicted octanol–water partition coefficient (Wildman–Crippen LogP) is 2.74. The average molecular weight is 397 g/mol. The van der Waals surface area contributed by atoms with Crippen LogP contribution in [0.15, 0.2) is 36.7 Å². The standard InChI is InChI=1S/C22H27N3O4/c1-28-19-8-7-15(11-20(19)29-2)9-10-24-21(26)16-12-17(14-23-13-16)22(27)25-18-5-3-4-6-18/h7-8,11-14,18H,3-6,9-10H2,1-2H3,(H,24,26)(H,25,27). The Bertz CT molecular complexity index is 863. The second kappa shape index (κ2) is 9.91. The van der Waals surface area contributed by atoms with Crippen LogP contribution >= 0.6 is 0 Å². The Morgan fingerprint density at radius 1 is 1.00 bits per heavy atom. The highest BCUT2D eigenvalue weighted by Crippen LogP contribution is 2.27. The third-order valence-corrected chi connectivity index (χ3v) is 5.10. The van der Waals surface area contributed by atoms with Gasteiger partial charge in [0, 0.05) is 25.0 Å². The van der Waals surface area contributed by atoms with Gasteiger partial charge in [0.2, 0.25) is 0 Å². The first kappa shape index (κ1) is 20.6. The van der Waals surface area contributed by atoms with E-state index in [1.165, 1.54) is 12.4 Å². The van der Waals surface area contributed by atoms with Gasteiger partial charge in [-0.3, -0.25) is 14.6 Å². The van der Waals surface area contributed by atoms with E-state index in [1.807, 2.05) is 18.2 Å². The maximum Gasteiger partial charge on any atom is 0.253 e. The Hall–Kier alpha value is -3.09. The van der Waals surface area contributed by atoms with Gasteiger partial charge in [0.25, 0.3) is 11.8 Å². The highest BCUT2D eigenvalue weighted by atomic mass is 16.5. The quantitative estimate of drug-likeness (QED) is 0.715. The number of nitrogens with one attached hydrogen (secondary N) is 2. The smallest absolute Gasteiger partial charge is 0.253 e. The van der Waals surface area contributed by atoms with Crippen LogP contribution in [-0.4, -0.2) is 43.6 Å². The maximum atomic E-state index is 12.5. The first-order valence-electron chi connectivity index (χ1n) is 9.85. The van der Waals surface area contributed by atoms with Crippen molar-refractivity contribution >= 4 is 11.8 Å². The van der Waals surface area contributed by atoms with Crippen molar-refractivity contribution in [2.45, 2.75) is 38.1 Å². The third-order valence-electron chi connectivity index (χ3n) is 5.10. The van der Waals surface area contributed by atoms with Gasteiger partial charge in [-0.05, 0) is 43.0 Å². The van der Waals surface area contributed by atoms with Crippen LogP contribution in [0.1, 0.15) is 52.0 Å². The fourth-order valence-corrected chi connectivity index (χ4v) is 3.49. The number of rotatable bonds is 8. The monoisotopic (exact) mass is 397 g/mol. The van der Waals surface area contributed by atoms with Crippen molar-refractivity contribution in [3.63, 3.8) is 0 Å². The van der Waals surface area contributed by atoms with Crippen molar-refractivity contribution in [1.82, 2.24) is 15.6 Å². The van der Waals surface area contributed by atoms with Crippen molar-refractivity contribution < 1.29 is 19.1 Å². The van der Waals surface area contributed by atoms with E-state index in [2.05, 4.69) is 15.6 Å². The number of nitrogens with zero attached hydrogens (tertiary/aromatic N) is 1. The van der Waals surface area contributed by atoms with Crippen molar-refractivity contribution in [2.24, 2.45) is 0 Å². The molecule has 0 saturated heterocycles. The van der Waals surface area contributed by atoms with E-state index in [9.17, 15) is 9.59 Å². The van der Waals surface area contributed by atoms with Crippen LogP contribution in [0.25, 0.3) is 0 Å². The van der Waals surface area contributed by atoms with Gasteiger partial charge in [-0.1, -0.05) is 18.9 Å². The number of methoxy groups -OCH3 is 2. The molecule has 29 heavy (non-hydrogen) atoms. The Morgan fingerprint density at radius 3 is 2.38 bits per heavy atom. The number of benzene rings is 1. The van der Waals surface area contributed by atoms with Gasteiger partial charge in [0.15, 0.2) is 11.5 Å². The molecule has 1 aromatic heterocycles. The summed E-state index contributed by atoms with van der Waals surface area (Å²) >= 11 is 0. The fourth-order valence-electron chi connectivity index (χ4n) is 3.49. The van der Waals surface area contributed by atoms with Crippen LogP contribution < -0.4 is 20.1 Å². The molecule has 2 N–H and O–H groups in total. The van der Waals surface area contributed by atoms with Gasteiger partial charge < -0.3 is 20.1 Å². The minimum absolute atomic E-state index is 0.177. The lowest BCUT2D eigenvalue weighted by atomic mass is 10.1. The number of aromatic nitrogens is 1. The van der Waals surface area contributed by atoms with E-state index >= 15 is 0 Å². The molecule has 0 spiro atoms. The number of hydrogen-bond donors (Lipinski definition) is 2. The van der Waals surface area contributed by atoms with E-state index in [0.717, 1.165) is 31.2 Å². The van der Waals surface area contributed by atoms with Gasteiger partial charge >= 0.3 is 0 Å². The molecular weight excluding hydrogens is 370 g/mol. The molecule has 1 aliphatic rings. The zero-order valence-corrected chi connectivity index (χ0v) is 16.9. The lowest BCUT2D eigenvalue weighted by Gasteiger charge is -2.12. The van der Waals surface area contributed by atoms with Gasteiger partial charge in [0.1, 0.15) is 0 Å². The Kier molecular flexibility index (Phi) is 7.05. The summed E-state index contributed by atoms with van der Waals surface area (Å²) in [5.41, 5.74) is 1.80. The van der Waals surface area contributed by atoms with E-state index in [0.29, 0.717) is 35.6 Å². The number of carbonyl (C=O) groups excluding carboxylic acids is 2. The van der Waals surface area contributed by atoms with Crippen molar-refractivity contribution in [1.29, 1.82) is 0 Å². The maximum absolute atomic E-state index is 12.5. The van der Waals surface area contributed by atoms with Crippen molar-refractivity contribution in [2.75, 3.05) is 20.8 Å². The molecular formula is C22H27N3O4. The summed E-state index contributed by atoms with van der Waals surface area (Å²) in [5, 5.41) is 5.88. The lowest BCUT2D eigenvalue weighted by molar-refractivity contribution is 0.0937. The van der Waals surface area contributed by atoms with Gasteiger partial charge in [0.05, 0.1) is 25.3 Å². The normalized spacial score (nSPS) is 13.7. The number of pyridine rings is 1. The molecule has 0 unspecified atom stereocenters. The minimum atomic E-state index is -0.256. The zero-order chi connectivity index (χ0) is 20.6.